The molecule has 6 nitrogen and oxygen atoms in total. The number of carbonyl (C=O) groups excluding carboxylic acids is 2. The van der Waals surface area contributed by atoms with Crippen LogP contribution in [0.1, 0.15) is 22.5 Å². The normalized spacial score (nSPS) is 18.8. The standard InChI is InChI=1S/C19H23N3O3/c1-20-16-6-3-2-5-14(16)15-13-17(23)22(19(24)18(15)20)8-4-7-21-9-11-25-12-10-21/h2-3,5-6H,4,7-13H2,1H3. The number of amides is 2. The van der Waals surface area contributed by atoms with E-state index in [1.54, 1.807) is 0 Å². The summed E-state index contributed by atoms with van der Waals surface area (Å²) in [5.74, 6) is -0.247. The molecule has 6 heteroatoms. The van der Waals surface area contributed by atoms with Crippen LogP contribution in [0.5, 0.6) is 0 Å². The molecule has 1 saturated heterocycles. The molecule has 0 bridgehead atoms. The van der Waals surface area contributed by atoms with Gasteiger partial charge in [-0.15, -0.1) is 0 Å². The molecule has 0 aliphatic carbocycles. The van der Waals surface area contributed by atoms with Gasteiger partial charge in [0.2, 0.25) is 5.91 Å². The van der Waals surface area contributed by atoms with Crippen molar-refractivity contribution in [2.24, 2.45) is 7.05 Å². The van der Waals surface area contributed by atoms with Crippen LogP contribution in [-0.2, 0) is 23.0 Å². The van der Waals surface area contributed by atoms with Crippen LogP contribution in [0, 0.1) is 0 Å². The second-order valence-corrected chi connectivity index (χ2v) is 6.74. The Labute approximate surface area is 146 Å². The summed E-state index contributed by atoms with van der Waals surface area (Å²) in [5, 5.41) is 1.01. The maximum Gasteiger partial charge on any atom is 0.277 e. The first-order valence-corrected chi connectivity index (χ1v) is 8.88. The Bertz CT molecular complexity index is 821. The Morgan fingerprint density at radius 1 is 1.08 bits per heavy atom. The summed E-state index contributed by atoms with van der Waals surface area (Å²) < 4.78 is 7.27. The van der Waals surface area contributed by atoms with Gasteiger partial charge in [0, 0.05) is 49.7 Å². The van der Waals surface area contributed by atoms with E-state index < -0.39 is 0 Å². The lowest BCUT2D eigenvalue weighted by Gasteiger charge is -2.29. The molecule has 4 rings (SSSR count). The SMILES string of the molecule is Cn1c2c(c3ccccc31)CC(=O)N(CCCN1CCOCC1)C2=O. The van der Waals surface area contributed by atoms with Gasteiger partial charge in [-0.05, 0) is 12.5 Å². The van der Waals surface area contributed by atoms with Crippen molar-refractivity contribution in [2.75, 3.05) is 39.4 Å². The van der Waals surface area contributed by atoms with Crippen molar-refractivity contribution < 1.29 is 14.3 Å². The first kappa shape index (κ1) is 16.3. The van der Waals surface area contributed by atoms with Gasteiger partial charge in [-0.25, -0.2) is 0 Å². The molecule has 0 unspecified atom stereocenters. The molecule has 0 saturated carbocycles. The van der Waals surface area contributed by atoms with Crippen molar-refractivity contribution in [3.05, 3.63) is 35.5 Å². The second-order valence-electron chi connectivity index (χ2n) is 6.74. The molecule has 2 aliphatic rings. The molecule has 0 spiro atoms. The molecular formula is C19H23N3O3. The number of fused-ring (bicyclic) bond motifs is 3. The van der Waals surface area contributed by atoms with Gasteiger partial charge in [0.25, 0.3) is 5.91 Å². The number of rotatable bonds is 4. The van der Waals surface area contributed by atoms with E-state index in [-0.39, 0.29) is 11.8 Å². The van der Waals surface area contributed by atoms with Gasteiger partial charge in [-0.3, -0.25) is 19.4 Å². The molecule has 2 aromatic rings. The molecule has 1 aromatic carbocycles. The van der Waals surface area contributed by atoms with E-state index in [4.69, 9.17) is 4.74 Å². The zero-order valence-corrected chi connectivity index (χ0v) is 14.5. The summed E-state index contributed by atoms with van der Waals surface area (Å²) >= 11 is 0. The highest BCUT2D eigenvalue weighted by Gasteiger charge is 2.34. The summed E-state index contributed by atoms with van der Waals surface area (Å²) in [6.45, 7) is 4.75. The van der Waals surface area contributed by atoms with Crippen LogP contribution < -0.4 is 0 Å². The number of aromatic nitrogens is 1. The van der Waals surface area contributed by atoms with Crippen molar-refractivity contribution in [3.63, 3.8) is 0 Å². The van der Waals surface area contributed by atoms with Crippen LogP contribution in [0.4, 0.5) is 0 Å². The minimum absolute atomic E-state index is 0.0872. The summed E-state index contributed by atoms with van der Waals surface area (Å²) in [5.41, 5.74) is 2.54. The molecule has 1 fully saturated rings. The quantitative estimate of drug-likeness (QED) is 0.790. The maximum atomic E-state index is 13.0. The van der Waals surface area contributed by atoms with E-state index in [9.17, 15) is 9.59 Å². The number of nitrogens with zero attached hydrogens (tertiary/aromatic N) is 3. The predicted octanol–water partition coefficient (Wildman–Crippen LogP) is 1.43. The van der Waals surface area contributed by atoms with Crippen LogP contribution in [-0.4, -0.2) is 65.6 Å². The number of hydrogen-bond acceptors (Lipinski definition) is 4. The van der Waals surface area contributed by atoms with Gasteiger partial charge in [-0.1, -0.05) is 18.2 Å². The molecule has 0 N–H and O–H groups in total. The van der Waals surface area contributed by atoms with Gasteiger partial charge in [0.15, 0.2) is 0 Å². The molecule has 0 atom stereocenters. The molecular weight excluding hydrogens is 318 g/mol. The molecule has 1 aromatic heterocycles. The highest BCUT2D eigenvalue weighted by Crippen LogP contribution is 2.30. The van der Waals surface area contributed by atoms with Gasteiger partial charge in [-0.2, -0.15) is 0 Å². The third-order valence-corrected chi connectivity index (χ3v) is 5.25. The van der Waals surface area contributed by atoms with Gasteiger partial charge in [0.1, 0.15) is 5.69 Å². The molecule has 132 valence electrons. The largest absolute Gasteiger partial charge is 0.379 e. The number of carbonyl (C=O) groups is 2. The third-order valence-electron chi connectivity index (χ3n) is 5.25. The highest BCUT2D eigenvalue weighted by atomic mass is 16.5. The van der Waals surface area contributed by atoms with Crippen molar-refractivity contribution in [1.29, 1.82) is 0 Å². The summed E-state index contributed by atoms with van der Waals surface area (Å²) in [4.78, 5) is 29.3. The van der Waals surface area contributed by atoms with Crippen molar-refractivity contribution in [3.8, 4) is 0 Å². The van der Waals surface area contributed by atoms with E-state index in [0.717, 1.165) is 55.7 Å². The van der Waals surface area contributed by atoms with Crippen molar-refractivity contribution in [1.82, 2.24) is 14.4 Å². The smallest absolute Gasteiger partial charge is 0.277 e. The number of aryl methyl sites for hydroxylation is 1. The van der Waals surface area contributed by atoms with Crippen LogP contribution in [0.15, 0.2) is 24.3 Å². The van der Waals surface area contributed by atoms with Crippen LogP contribution in [0.3, 0.4) is 0 Å². The van der Waals surface area contributed by atoms with E-state index in [1.165, 1.54) is 4.90 Å². The van der Waals surface area contributed by atoms with Crippen molar-refractivity contribution in [2.45, 2.75) is 12.8 Å². The first-order valence-electron chi connectivity index (χ1n) is 8.88. The lowest BCUT2D eigenvalue weighted by molar-refractivity contribution is -0.128. The highest BCUT2D eigenvalue weighted by molar-refractivity contribution is 6.13. The number of hydrogen-bond donors (Lipinski definition) is 0. The predicted molar refractivity (Wildman–Crippen MR) is 94.5 cm³/mol. The summed E-state index contributed by atoms with van der Waals surface area (Å²) in [6.07, 6.45) is 1.11. The molecule has 0 radical (unpaired) electrons. The zero-order valence-electron chi connectivity index (χ0n) is 14.5. The number of imide groups is 1. The van der Waals surface area contributed by atoms with Crippen LogP contribution >= 0.6 is 0 Å². The Kier molecular flexibility index (Phi) is 4.31. The van der Waals surface area contributed by atoms with Gasteiger partial charge >= 0.3 is 0 Å². The van der Waals surface area contributed by atoms with Gasteiger partial charge in [0.05, 0.1) is 19.6 Å². The molecule has 2 aliphatic heterocycles. The van der Waals surface area contributed by atoms with E-state index >= 15 is 0 Å². The fourth-order valence-corrected chi connectivity index (χ4v) is 3.91. The second kappa shape index (κ2) is 6.61. The van der Waals surface area contributed by atoms with Gasteiger partial charge < -0.3 is 9.30 Å². The van der Waals surface area contributed by atoms with E-state index in [1.807, 2.05) is 35.9 Å². The van der Waals surface area contributed by atoms with Crippen molar-refractivity contribution >= 4 is 22.7 Å². The number of para-hydroxylation sites is 1. The third kappa shape index (κ3) is 2.85. The Balaban J connectivity index is 1.52. The van der Waals surface area contributed by atoms with Crippen LogP contribution in [0.25, 0.3) is 10.9 Å². The molecule has 3 heterocycles. The fourth-order valence-electron chi connectivity index (χ4n) is 3.91. The topological polar surface area (TPSA) is 54.8 Å². The average molecular weight is 341 g/mol. The first-order chi connectivity index (χ1) is 12.2. The Hall–Kier alpha value is -2.18. The minimum Gasteiger partial charge on any atom is -0.379 e. The maximum absolute atomic E-state index is 13.0. The van der Waals surface area contributed by atoms with Crippen LogP contribution in [0.2, 0.25) is 0 Å². The zero-order chi connectivity index (χ0) is 17.4. The lowest BCUT2D eigenvalue weighted by Crippen LogP contribution is -2.45. The molecule has 25 heavy (non-hydrogen) atoms. The Morgan fingerprint density at radius 2 is 1.84 bits per heavy atom. The summed E-state index contributed by atoms with van der Waals surface area (Å²) in [7, 11) is 1.90. The van der Waals surface area contributed by atoms with E-state index in [0.29, 0.717) is 18.7 Å². The monoisotopic (exact) mass is 341 g/mol. The fraction of sp³-hybridized carbons (Fsp3) is 0.474. The lowest BCUT2D eigenvalue weighted by atomic mass is 10.0. The minimum atomic E-state index is -0.160. The average Bonchev–Trinajstić information content (AvgIpc) is 2.91. The number of ether oxygens (including phenoxy) is 1. The van der Waals surface area contributed by atoms with E-state index in [2.05, 4.69) is 4.90 Å². The summed E-state index contributed by atoms with van der Waals surface area (Å²) in [6, 6.07) is 7.89. The number of benzene rings is 1. The molecule has 2 amide bonds. The Morgan fingerprint density at radius 3 is 2.64 bits per heavy atom. The number of morpholine rings is 1.